The first kappa shape index (κ1) is 31.4. The van der Waals surface area contributed by atoms with Crippen molar-refractivity contribution < 1.29 is 36.7 Å². The molecule has 0 saturated heterocycles. The van der Waals surface area contributed by atoms with Crippen LogP contribution in [0.25, 0.3) is 0 Å². The van der Waals surface area contributed by atoms with Gasteiger partial charge in [-0.05, 0) is 50.3 Å². The third kappa shape index (κ3) is 7.09. The first-order chi connectivity index (χ1) is 19.9. The van der Waals surface area contributed by atoms with Crippen LogP contribution >= 0.6 is 23.2 Å². The van der Waals surface area contributed by atoms with Crippen LogP contribution in [0.1, 0.15) is 70.6 Å². The van der Waals surface area contributed by atoms with Crippen LogP contribution in [0.15, 0.2) is 42.9 Å². The van der Waals surface area contributed by atoms with E-state index in [1.165, 1.54) is 24.5 Å². The number of alkyl halides is 3. The number of hydrogen-bond acceptors (Lipinski definition) is 6. The second-order valence-corrected chi connectivity index (χ2v) is 10.6. The highest BCUT2D eigenvalue weighted by Crippen LogP contribution is 2.39. The highest BCUT2D eigenvalue weighted by molar-refractivity contribution is 6.39. The molecule has 1 saturated carbocycles. The number of pyridine rings is 1. The first-order valence-electron chi connectivity index (χ1n) is 13.1. The minimum Gasteiger partial charge on any atom is -0.466 e. The molecule has 2 aromatic heterocycles. The predicted octanol–water partition coefficient (Wildman–Crippen LogP) is 6.56. The van der Waals surface area contributed by atoms with E-state index in [0.717, 1.165) is 27.9 Å². The highest BCUT2D eigenvalue weighted by Gasteiger charge is 2.43. The summed E-state index contributed by atoms with van der Waals surface area (Å²) in [7, 11) is 0. The molecule has 14 heteroatoms. The molecule has 0 bridgehead atoms. The van der Waals surface area contributed by atoms with Gasteiger partial charge in [0.05, 0.1) is 52.5 Å². The Bertz CT molecular complexity index is 1430. The second-order valence-electron chi connectivity index (χ2n) is 9.80. The number of benzene rings is 1. The molecule has 2 heterocycles. The van der Waals surface area contributed by atoms with Crippen molar-refractivity contribution in [1.82, 2.24) is 19.7 Å². The monoisotopic (exact) mass is 628 g/mol. The number of ether oxygens (including phenoxy) is 1. The maximum absolute atomic E-state index is 14.5. The van der Waals surface area contributed by atoms with Crippen LogP contribution in [0.2, 0.25) is 10.0 Å². The minimum atomic E-state index is -4.97. The lowest BCUT2D eigenvalue weighted by Gasteiger charge is -2.29. The molecule has 8 nitrogen and oxygen atoms in total. The zero-order chi connectivity index (χ0) is 30.6. The van der Waals surface area contributed by atoms with Gasteiger partial charge in [-0.1, -0.05) is 35.3 Å². The van der Waals surface area contributed by atoms with Crippen molar-refractivity contribution in [3.63, 3.8) is 0 Å². The van der Waals surface area contributed by atoms with Crippen molar-refractivity contribution in [3.8, 4) is 0 Å². The number of nitrogens with zero attached hydrogens (tertiary/aromatic N) is 4. The van der Waals surface area contributed by atoms with E-state index >= 15 is 0 Å². The molecule has 1 fully saturated rings. The molecule has 1 amide bonds. The molecule has 3 aromatic rings. The lowest BCUT2D eigenvalue weighted by atomic mass is 9.86. The average molecular weight is 629 g/mol. The Morgan fingerprint density at radius 2 is 1.64 bits per heavy atom. The van der Waals surface area contributed by atoms with Crippen LogP contribution in [0.3, 0.4) is 0 Å². The lowest BCUT2D eigenvalue weighted by Crippen LogP contribution is -2.37. The number of aromatic nitrogens is 3. The van der Waals surface area contributed by atoms with Gasteiger partial charge in [0.2, 0.25) is 0 Å². The SMILES string of the molecule is CCOC(=O)[C@H]1CC[C@H](n2ncc(C(=O)N(CC(=O)c3c(Cl)cncc3Cl)Cc3ccc(F)cc3)c2C(F)(F)F)CC1. The van der Waals surface area contributed by atoms with Gasteiger partial charge in [-0.25, -0.2) is 4.39 Å². The Kier molecular flexibility index (Phi) is 9.88. The van der Waals surface area contributed by atoms with E-state index in [1.807, 2.05) is 0 Å². The van der Waals surface area contributed by atoms with E-state index in [0.29, 0.717) is 18.4 Å². The number of amides is 1. The van der Waals surface area contributed by atoms with Crippen molar-refractivity contribution in [1.29, 1.82) is 0 Å². The summed E-state index contributed by atoms with van der Waals surface area (Å²) >= 11 is 12.2. The summed E-state index contributed by atoms with van der Waals surface area (Å²) in [5, 5.41) is 3.76. The fourth-order valence-corrected chi connectivity index (χ4v) is 5.58. The van der Waals surface area contributed by atoms with Crippen LogP contribution in [0, 0.1) is 11.7 Å². The second kappa shape index (κ2) is 13.2. The average Bonchev–Trinajstić information content (AvgIpc) is 3.40. The lowest BCUT2D eigenvalue weighted by molar-refractivity contribution is -0.151. The Hall–Kier alpha value is -3.51. The normalized spacial score (nSPS) is 17.1. The van der Waals surface area contributed by atoms with Crippen molar-refractivity contribution in [2.75, 3.05) is 13.2 Å². The Morgan fingerprint density at radius 3 is 2.21 bits per heavy atom. The standard InChI is InChI=1S/C28H26Cl2F4N4O4/c1-2-42-27(41)17-5-9-19(10-6-17)38-25(28(32,33)34)20(11-36-38)26(40)37(14-16-3-7-18(31)8-4-16)15-23(39)24-21(29)12-35-13-22(24)30/h3-4,7-8,11-13,17,19H,2,5-6,9-10,14-15H2,1H3/t17-,19-. The van der Waals surface area contributed by atoms with E-state index in [-0.39, 0.29) is 47.6 Å². The minimum absolute atomic E-state index is 0.0936. The molecule has 0 unspecified atom stereocenters. The molecule has 4 rings (SSSR count). The number of Topliss-reactive ketones (excluding diaryl/α,β-unsaturated/α-hetero) is 1. The molecule has 42 heavy (non-hydrogen) atoms. The number of hydrogen-bond donors (Lipinski definition) is 0. The topological polar surface area (TPSA) is 94.4 Å². The summed E-state index contributed by atoms with van der Waals surface area (Å²) in [4.78, 5) is 43.7. The predicted molar refractivity (Wildman–Crippen MR) is 145 cm³/mol. The number of ketones is 1. The summed E-state index contributed by atoms with van der Waals surface area (Å²) in [6.45, 7) is 0.873. The molecule has 0 N–H and O–H groups in total. The summed E-state index contributed by atoms with van der Waals surface area (Å²) in [5.41, 5.74) is -1.79. The zero-order valence-electron chi connectivity index (χ0n) is 22.3. The third-order valence-corrected chi connectivity index (χ3v) is 7.57. The molecular weight excluding hydrogens is 603 g/mol. The number of rotatable bonds is 9. The van der Waals surface area contributed by atoms with Gasteiger partial charge >= 0.3 is 12.1 Å². The molecule has 0 radical (unpaired) electrons. The molecule has 0 atom stereocenters. The van der Waals surface area contributed by atoms with E-state index in [2.05, 4.69) is 10.1 Å². The molecule has 224 valence electrons. The van der Waals surface area contributed by atoms with Crippen molar-refractivity contribution in [2.45, 2.75) is 51.4 Å². The quantitative estimate of drug-likeness (QED) is 0.151. The van der Waals surface area contributed by atoms with E-state index in [9.17, 15) is 31.9 Å². The summed E-state index contributed by atoms with van der Waals surface area (Å²) < 4.78 is 62.7. The van der Waals surface area contributed by atoms with Crippen LogP contribution in [-0.4, -0.2) is 50.5 Å². The molecule has 1 aromatic carbocycles. The number of esters is 1. The molecule has 1 aliphatic carbocycles. The maximum Gasteiger partial charge on any atom is 0.433 e. The molecule has 1 aliphatic rings. The maximum atomic E-state index is 14.5. The van der Waals surface area contributed by atoms with Crippen LogP contribution in [0.5, 0.6) is 0 Å². The van der Waals surface area contributed by atoms with Crippen LogP contribution in [-0.2, 0) is 22.3 Å². The summed E-state index contributed by atoms with van der Waals surface area (Å²) in [6, 6.07) is 4.24. The van der Waals surface area contributed by atoms with Gasteiger partial charge in [-0.15, -0.1) is 0 Å². The van der Waals surface area contributed by atoms with E-state index in [4.69, 9.17) is 27.9 Å². The zero-order valence-corrected chi connectivity index (χ0v) is 23.8. The van der Waals surface area contributed by atoms with Crippen molar-refractivity contribution >= 4 is 40.9 Å². The van der Waals surface area contributed by atoms with Gasteiger partial charge in [0.15, 0.2) is 11.5 Å². The number of carbonyl (C=O) groups excluding carboxylic acids is 3. The smallest absolute Gasteiger partial charge is 0.433 e. The fourth-order valence-electron chi connectivity index (χ4n) is 5.00. The van der Waals surface area contributed by atoms with E-state index < -0.39 is 53.4 Å². The number of carbonyl (C=O) groups is 3. The molecule has 0 aliphatic heterocycles. The molecular formula is C28H26Cl2F4N4O4. The Labute approximate surface area is 248 Å². The summed E-state index contributed by atoms with van der Waals surface area (Å²) in [6.07, 6.45) is -0.729. The van der Waals surface area contributed by atoms with Gasteiger partial charge in [0.25, 0.3) is 5.91 Å². The van der Waals surface area contributed by atoms with Gasteiger partial charge in [-0.3, -0.25) is 24.0 Å². The Balaban J connectivity index is 1.67. The van der Waals surface area contributed by atoms with E-state index in [1.54, 1.807) is 6.92 Å². The summed E-state index contributed by atoms with van der Waals surface area (Å²) in [5.74, 6) is -3.22. The van der Waals surface area contributed by atoms with Gasteiger partial charge in [-0.2, -0.15) is 18.3 Å². The third-order valence-electron chi connectivity index (χ3n) is 7.00. The Morgan fingerprint density at radius 1 is 1.02 bits per heavy atom. The van der Waals surface area contributed by atoms with Crippen molar-refractivity contribution in [3.05, 3.63) is 81.1 Å². The highest BCUT2D eigenvalue weighted by atomic mass is 35.5. The van der Waals surface area contributed by atoms with Crippen LogP contribution < -0.4 is 0 Å². The molecule has 0 spiro atoms. The van der Waals surface area contributed by atoms with Crippen molar-refractivity contribution in [2.24, 2.45) is 5.92 Å². The van der Waals surface area contributed by atoms with Crippen LogP contribution in [0.4, 0.5) is 17.6 Å². The number of halogens is 6. The first-order valence-corrected chi connectivity index (χ1v) is 13.8. The van der Waals surface area contributed by atoms with Gasteiger partial charge in [0.1, 0.15) is 5.82 Å². The van der Waals surface area contributed by atoms with Gasteiger partial charge < -0.3 is 9.64 Å². The van der Waals surface area contributed by atoms with Gasteiger partial charge in [0, 0.05) is 18.9 Å². The fraction of sp³-hybridized carbons (Fsp3) is 0.393. The largest absolute Gasteiger partial charge is 0.466 e.